The second-order valence-electron chi connectivity index (χ2n) is 4.57. The van der Waals surface area contributed by atoms with E-state index in [1.165, 1.54) is 5.56 Å². The number of aliphatic carboxylic acids is 1. The van der Waals surface area contributed by atoms with Gasteiger partial charge in [-0.2, -0.15) is 11.8 Å². The molecule has 18 heavy (non-hydrogen) atoms. The standard InChI is InChI=1S/C14H19NO2S/c16-14(17)13-7-4-8-15(13)9-10-18-11-12-5-2-1-3-6-12/h1-3,5-6,13H,4,7-11H2,(H,16,17). The zero-order valence-corrected chi connectivity index (χ0v) is 11.2. The lowest BCUT2D eigenvalue weighted by molar-refractivity contribution is -0.142. The predicted octanol–water partition coefficient (Wildman–Crippen LogP) is 2.47. The van der Waals surface area contributed by atoms with E-state index in [0.717, 1.165) is 37.4 Å². The van der Waals surface area contributed by atoms with Gasteiger partial charge in [0.05, 0.1) is 0 Å². The molecule has 0 aromatic heterocycles. The first kappa shape index (κ1) is 13.4. The van der Waals surface area contributed by atoms with Crippen molar-refractivity contribution in [3.05, 3.63) is 35.9 Å². The fraction of sp³-hybridized carbons (Fsp3) is 0.500. The molecule has 1 aliphatic heterocycles. The molecular weight excluding hydrogens is 246 g/mol. The lowest BCUT2D eigenvalue weighted by Gasteiger charge is -2.20. The number of hydrogen-bond acceptors (Lipinski definition) is 3. The summed E-state index contributed by atoms with van der Waals surface area (Å²) in [6.07, 6.45) is 1.82. The average Bonchev–Trinajstić information content (AvgIpc) is 2.84. The fourth-order valence-corrected chi connectivity index (χ4v) is 3.26. The summed E-state index contributed by atoms with van der Waals surface area (Å²) in [4.78, 5) is 13.1. The highest BCUT2D eigenvalue weighted by molar-refractivity contribution is 7.98. The van der Waals surface area contributed by atoms with Crippen molar-refractivity contribution in [3.8, 4) is 0 Å². The van der Waals surface area contributed by atoms with Gasteiger partial charge < -0.3 is 5.11 Å². The molecule has 1 unspecified atom stereocenters. The van der Waals surface area contributed by atoms with Crippen LogP contribution in [0.25, 0.3) is 0 Å². The normalized spacial score (nSPS) is 20.1. The molecule has 3 nitrogen and oxygen atoms in total. The second kappa shape index (κ2) is 6.81. The molecule has 0 saturated carbocycles. The van der Waals surface area contributed by atoms with Gasteiger partial charge in [-0.25, -0.2) is 0 Å². The summed E-state index contributed by atoms with van der Waals surface area (Å²) in [5.74, 6) is 1.34. The minimum Gasteiger partial charge on any atom is -0.480 e. The quantitative estimate of drug-likeness (QED) is 0.802. The van der Waals surface area contributed by atoms with E-state index in [0.29, 0.717) is 0 Å². The summed E-state index contributed by atoms with van der Waals surface area (Å²) in [5.41, 5.74) is 1.33. The molecule has 1 saturated heterocycles. The third-order valence-electron chi connectivity index (χ3n) is 3.28. The van der Waals surface area contributed by atoms with Crippen molar-refractivity contribution >= 4 is 17.7 Å². The number of carboxylic acids is 1. The topological polar surface area (TPSA) is 40.5 Å². The molecule has 2 rings (SSSR count). The average molecular weight is 265 g/mol. The van der Waals surface area contributed by atoms with Crippen LogP contribution in [-0.2, 0) is 10.5 Å². The Balaban J connectivity index is 1.68. The Morgan fingerprint density at radius 2 is 2.17 bits per heavy atom. The summed E-state index contributed by atoms with van der Waals surface area (Å²) in [6.45, 7) is 1.82. The predicted molar refractivity (Wildman–Crippen MR) is 74.8 cm³/mol. The van der Waals surface area contributed by atoms with Gasteiger partial charge in [0, 0.05) is 18.1 Å². The van der Waals surface area contributed by atoms with Crippen molar-refractivity contribution in [1.29, 1.82) is 0 Å². The lowest BCUT2D eigenvalue weighted by atomic mass is 10.2. The number of rotatable bonds is 6. The van der Waals surface area contributed by atoms with Crippen LogP contribution in [0.1, 0.15) is 18.4 Å². The van der Waals surface area contributed by atoms with E-state index in [4.69, 9.17) is 5.11 Å². The van der Waals surface area contributed by atoms with Gasteiger partial charge in [-0.3, -0.25) is 9.69 Å². The van der Waals surface area contributed by atoms with Gasteiger partial charge >= 0.3 is 5.97 Å². The van der Waals surface area contributed by atoms with E-state index in [1.807, 2.05) is 17.8 Å². The fourth-order valence-electron chi connectivity index (χ4n) is 2.32. The van der Waals surface area contributed by atoms with Crippen LogP contribution >= 0.6 is 11.8 Å². The first-order valence-electron chi connectivity index (χ1n) is 6.36. The molecule has 1 heterocycles. The van der Waals surface area contributed by atoms with E-state index in [9.17, 15) is 4.79 Å². The molecule has 0 aliphatic carbocycles. The maximum absolute atomic E-state index is 11.0. The van der Waals surface area contributed by atoms with Crippen molar-refractivity contribution in [2.24, 2.45) is 0 Å². The number of likely N-dealkylation sites (tertiary alicyclic amines) is 1. The Hall–Kier alpha value is -1.00. The van der Waals surface area contributed by atoms with E-state index in [1.54, 1.807) is 0 Å². The number of thioether (sulfide) groups is 1. The summed E-state index contributed by atoms with van der Waals surface area (Å²) in [7, 11) is 0. The first-order valence-corrected chi connectivity index (χ1v) is 7.51. The minimum atomic E-state index is -0.666. The molecule has 0 amide bonds. The maximum atomic E-state index is 11.0. The van der Waals surface area contributed by atoms with Crippen molar-refractivity contribution < 1.29 is 9.90 Å². The molecule has 1 aliphatic rings. The van der Waals surface area contributed by atoms with E-state index >= 15 is 0 Å². The molecule has 1 aromatic carbocycles. The Bertz CT molecular complexity index is 383. The number of benzene rings is 1. The monoisotopic (exact) mass is 265 g/mol. The third-order valence-corrected chi connectivity index (χ3v) is 4.29. The third kappa shape index (κ3) is 3.75. The van der Waals surface area contributed by atoms with Crippen molar-refractivity contribution in [3.63, 3.8) is 0 Å². The van der Waals surface area contributed by atoms with Gasteiger partial charge in [-0.1, -0.05) is 30.3 Å². The molecule has 1 fully saturated rings. The maximum Gasteiger partial charge on any atom is 0.320 e. The van der Waals surface area contributed by atoms with Gasteiger partial charge in [0.2, 0.25) is 0 Å². The molecule has 98 valence electrons. The molecular formula is C14H19NO2S. The Morgan fingerprint density at radius 1 is 1.39 bits per heavy atom. The Kier molecular flexibility index (Phi) is 5.08. The van der Waals surface area contributed by atoms with Crippen LogP contribution in [0.15, 0.2) is 30.3 Å². The summed E-state index contributed by atoms with van der Waals surface area (Å²) < 4.78 is 0. The van der Waals surface area contributed by atoms with Crippen LogP contribution in [0.2, 0.25) is 0 Å². The molecule has 0 bridgehead atoms. The SMILES string of the molecule is O=C(O)C1CCCN1CCSCc1ccccc1. The molecule has 1 N–H and O–H groups in total. The summed E-state index contributed by atoms with van der Waals surface area (Å²) in [5, 5.41) is 9.07. The van der Waals surface area contributed by atoms with Gasteiger partial charge in [0.1, 0.15) is 6.04 Å². The zero-order valence-electron chi connectivity index (χ0n) is 10.4. The highest BCUT2D eigenvalue weighted by Gasteiger charge is 2.29. The second-order valence-corrected chi connectivity index (χ2v) is 5.68. The Labute approximate surface area is 112 Å². The van der Waals surface area contributed by atoms with Crippen molar-refractivity contribution in [2.45, 2.75) is 24.6 Å². The molecule has 1 atom stereocenters. The van der Waals surface area contributed by atoms with Crippen LogP contribution in [0.3, 0.4) is 0 Å². The van der Waals surface area contributed by atoms with Gasteiger partial charge in [-0.05, 0) is 24.9 Å². The molecule has 4 heteroatoms. The van der Waals surface area contributed by atoms with Gasteiger partial charge in [-0.15, -0.1) is 0 Å². The van der Waals surface area contributed by atoms with E-state index < -0.39 is 5.97 Å². The van der Waals surface area contributed by atoms with E-state index in [-0.39, 0.29) is 6.04 Å². The molecule has 0 radical (unpaired) electrons. The van der Waals surface area contributed by atoms with Crippen LogP contribution in [0, 0.1) is 0 Å². The lowest BCUT2D eigenvalue weighted by Crippen LogP contribution is -2.37. The van der Waals surface area contributed by atoms with Gasteiger partial charge in [0.15, 0.2) is 0 Å². The van der Waals surface area contributed by atoms with Gasteiger partial charge in [0.25, 0.3) is 0 Å². The zero-order chi connectivity index (χ0) is 12.8. The first-order chi connectivity index (χ1) is 8.77. The Morgan fingerprint density at radius 3 is 2.89 bits per heavy atom. The van der Waals surface area contributed by atoms with E-state index in [2.05, 4.69) is 29.2 Å². The number of carbonyl (C=O) groups is 1. The smallest absolute Gasteiger partial charge is 0.320 e. The number of carboxylic acid groups (broad SMARTS) is 1. The van der Waals surface area contributed by atoms with Crippen LogP contribution in [-0.4, -0.2) is 40.9 Å². The molecule has 1 aromatic rings. The number of hydrogen-bond donors (Lipinski definition) is 1. The van der Waals surface area contributed by atoms with Crippen LogP contribution < -0.4 is 0 Å². The highest BCUT2D eigenvalue weighted by Crippen LogP contribution is 2.19. The minimum absolute atomic E-state index is 0.248. The number of nitrogens with zero attached hydrogens (tertiary/aromatic N) is 1. The van der Waals surface area contributed by atoms with Crippen LogP contribution in [0.4, 0.5) is 0 Å². The van der Waals surface area contributed by atoms with Crippen LogP contribution in [0.5, 0.6) is 0 Å². The van der Waals surface area contributed by atoms with Crippen molar-refractivity contribution in [1.82, 2.24) is 4.90 Å². The largest absolute Gasteiger partial charge is 0.480 e. The highest BCUT2D eigenvalue weighted by atomic mass is 32.2. The van der Waals surface area contributed by atoms with Crippen molar-refractivity contribution in [2.75, 3.05) is 18.8 Å². The summed E-state index contributed by atoms with van der Waals surface area (Å²) >= 11 is 1.87. The molecule has 0 spiro atoms. The summed E-state index contributed by atoms with van der Waals surface area (Å²) in [6, 6.07) is 10.1.